The first-order valence-corrected chi connectivity index (χ1v) is 8.60. The molecule has 5 nitrogen and oxygen atoms in total. The summed E-state index contributed by atoms with van der Waals surface area (Å²) in [6.07, 6.45) is 1.32. The lowest BCUT2D eigenvalue weighted by atomic mass is 9.88. The molecule has 0 bridgehead atoms. The van der Waals surface area contributed by atoms with Crippen molar-refractivity contribution in [2.24, 2.45) is 5.92 Å². The highest BCUT2D eigenvalue weighted by Crippen LogP contribution is 2.24. The summed E-state index contributed by atoms with van der Waals surface area (Å²) in [5.74, 6) is 0.737. The molecule has 3 rings (SSSR count). The second-order valence-corrected chi connectivity index (χ2v) is 6.35. The van der Waals surface area contributed by atoms with Gasteiger partial charge in [-0.1, -0.05) is 0 Å². The number of carbonyl (C=O) groups is 2. The molecule has 1 aliphatic heterocycles. The molecule has 1 saturated heterocycles. The Balaban J connectivity index is 1.60. The van der Waals surface area contributed by atoms with E-state index in [9.17, 15) is 9.59 Å². The summed E-state index contributed by atoms with van der Waals surface area (Å²) in [6.45, 7) is 1.12. The summed E-state index contributed by atoms with van der Waals surface area (Å²) < 4.78 is 5.12. The van der Waals surface area contributed by atoms with Gasteiger partial charge in [-0.05, 0) is 61.4 Å². The predicted octanol–water partition coefficient (Wildman–Crippen LogP) is 3.30. The molecule has 2 aromatic rings. The van der Waals surface area contributed by atoms with Gasteiger partial charge >= 0.3 is 0 Å². The van der Waals surface area contributed by atoms with Gasteiger partial charge in [-0.25, -0.2) is 0 Å². The Bertz CT molecular complexity index is 827. The first-order chi connectivity index (χ1) is 12.6. The number of piperidine rings is 1. The first kappa shape index (κ1) is 17.7. The maximum absolute atomic E-state index is 12.6. The van der Waals surface area contributed by atoms with E-state index < -0.39 is 0 Å². The normalized spacial score (nSPS) is 14.5. The molecule has 0 saturated carbocycles. The van der Waals surface area contributed by atoms with Crippen LogP contribution in [-0.4, -0.2) is 36.8 Å². The maximum Gasteiger partial charge on any atom is 0.253 e. The van der Waals surface area contributed by atoms with Crippen LogP contribution in [-0.2, 0) is 0 Å². The van der Waals surface area contributed by atoms with Crippen LogP contribution in [0.3, 0.4) is 0 Å². The van der Waals surface area contributed by atoms with E-state index in [0.29, 0.717) is 42.6 Å². The fourth-order valence-electron chi connectivity index (χ4n) is 3.21. The number of benzene rings is 2. The molecular weight excluding hydrogens is 328 g/mol. The number of carbonyl (C=O) groups excluding carboxylic acids is 2. The molecule has 1 fully saturated rings. The van der Waals surface area contributed by atoms with Crippen molar-refractivity contribution in [2.75, 3.05) is 20.2 Å². The lowest BCUT2D eigenvalue weighted by Gasteiger charge is -2.31. The summed E-state index contributed by atoms with van der Waals surface area (Å²) in [6, 6.07) is 15.8. The highest BCUT2D eigenvalue weighted by molar-refractivity contribution is 5.98. The molecule has 5 heteroatoms. The van der Waals surface area contributed by atoms with E-state index in [-0.39, 0.29) is 17.6 Å². The number of amides is 1. The Morgan fingerprint density at radius 3 is 2.12 bits per heavy atom. The van der Waals surface area contributed by atoms with Crippen LogP contribution in [0, 0.1) is 17.2 Å². The van der Waals surface area contributed by atoms with Gasteiger partial charge in [-0.3, -0.25) is 9.59 Å². The molecule has 0 aliphatic carbocycles. The zero-order valence-electron chi connectivity index (χ0n) is 14.6. The molecule has 0 unspecified atom stereocenters. The minimum Gasteiger partial charge on any atom is -0.497 e. The topological polar surface area (TPSA) is 70.4 Å². The number of hydrogen-bond acceptors (Lipinski definition) is 4. The summed E-state index contributed by atoms with van der Waals surface area (Å²) >= 11 is 0. The number of ether oxygens (including phenoxy) is 1. The van der Waals surface area contributed by atoms with Crippen molar-refractivity contribution < 1.29 is 14.3 Å². The van der Waals surface area contributed by atoms with Crippen molar-refractivity contribution in [1.82, 2.24) is 4.90 Å². The van der Waals surface area contributed by atoms with Crippen molar-refractivity contribution in [1.29, 1.82) is 5.26 Å². The Labute approximate surface area is 152 Å². The Morgan fingerprint density at radius 1 is 1.00 bits per heavy atom. The lowest BCUT2D eigenvalue weighted by Crippen LogP contribution is -2.40. The van der Waals surface area contributed by atoms with E-state index in [1.807, 2.05) is 6.07 Å². The van der Waals surface area contributed by atoms with E-state index in [1.54, 1.807) is 60.5 Å². The second kappa shape index (κ2) is 7.83. The summed E-state index contributed by atoms with van der Waals surface area (Å²) in [7, 11) is 1.59. The van der Waals surface area contributed by atoms with Crippen LogP contribution < -0.4 is 4.74 Å². The average molecular weight is 348 g/mol. The number of Topliss-reactive ketones (excluding diaryl/α,β-unsaturated/α-hetero) is 1. The van der Waals surface area contributed by atoms with Crippen molar-refractivity contribution >= 4 is 11.7 Å². The van der Waals surface area contributed by atoms with E-state index in [2.05, 4.69) is 0 Å². The van der Waals surface area contributed by atoms with E-state index in [4.69, 9.17) is 10.00 Å². The number of ketones is 1. The largest absolute Gasteiger partial charge is 0.497 e. The average Bonchev–Trinajstić information content (AvgIpc) is 2.73. The van der Waals surface area contributed by atoms with Gasteiger partial charge < -0.3 is 9.64 Å². The molecule has 0 spiro atoms. The number of hydrogen-bond donors (Lipinski definition) is 0. The summed E-state index contributed by atoms with van der Waals surface area (Å²) in [4.78, 5) is 27.0. The van der Waals surface area contributed by atoms with Gasteiger partial charge in [-0.2, -0.15) is 5.26 Å². The molecule has 2 aromatic carbocycles. The Hall–Kier alpha value is -3.13. The fourth-order valence-corrected chi connectivity index (χ4v) is 3.21. The molecule has 0 N–H and O–H groups in total. The molecular formula is C21H20N2O3. The Kier molecular flexibility index (Phi) is 5.33. The maximum atomic E-state index is 12.6. The van der Waals surface area contributed by atoms with Crippen LogP contribution >= 0.6 is 0 Å². The highest BCUT2D eigenvalue weighted by Gasteiger charge is 2.28. The molecule has 1 aliphatic rings. The first-order valence-electron chi connectivity index (χ1n) is 8.60. The van der Waals surface area contributed by atoms with Gasteiger partial charge in [0.25, 0.3) is 5.91 Å². The predicted molar refractivity (Wildman–Crippen MR) is 97.1 cm³/mol. The third kappa shape index (κ3) is 3.75. The van der Waals surface area contributed by atoms with Crippen LogP contribution in [0.25, 0.3) is 0 Å². The fraction of sp³-hybridized carbons (Fsp3) is 0.286. The summed E-state index contributed by atoms with van der Waals surface area (Å²) in [5.41, 5.74) is 1.79. The van der Waals surface area contributed by atoms with Crippen molar-refractivity contribution in [3.8, 4) is 11.8 Å². The lowest BCUT2D eigenvalue weighted by molar-refractivity contribution is 0.0650. The van der Waals surface area contributed by atoms with Crippen LogP contribution in [0.2, 0.25) is 0 Å². The van der Waals surface area contributed by atoms with Gasteiger partial charge in [0, 0.05) is 30.1 Å². The number of likely N-dealkylation sites (tertiary alicyclic amines) is 1. The number of nitriles is 1. The smallest absolute Gasteiger partial charge is 0.253 e. The molecule has 26 heavy (non-hydrogen) atoms. The molecule has 0 aromatic heterocycles. The minimum atomic E-state index is -0.0617. The third-order valence-corrected chi connectivity index (χ3v) is 4.79. The highest BCUT2D eigenvalue weighted by atomic mass is 16.5. The number of nitrogens with zero attached hydrogens (tertiary/aromatic N) is 2. The van der Waals surface area contributed by atoms with Gasteiger partial charge in [0.1, 0.15) is 5.75 Å². The number of rotatable bonds is 4. The van der Waals surface area contributed by atoms with Gasteiger partial charge in [-0.15, -0.1) is 0 Å². The quantitative estimate of drug-likeness (QED) is 0.795. The van der Waals surface area contributed by atoms with Crippen molar-refractivity contribution in [2.45, 2.75) is 12.8 Å². The molecule has 132 valence electrons. The van der Waals surface area contributed by atoms with Gasteiger partial charge in [0.15, 0.2) is 5.78 Å². The SMILES string of the molecule is COc1ccc(C(=O)C2CCN(C(=O)c3ccc(C#N)cc3)CC2)cc1. The Morgan fingerprint density at radius 2 is 1.58 bits per heavy atom. The van der Waals surface area contributed by atoms with Crippen molar-refractivity contribution in [3.63, 3.8) is 0 Å². The zero-order valence-corrected chi connectivity index (χ0v) is 14.6. The van der Waals surface area contributed by atoms with Crippen molar-refractivity contribution in [3.05, 3.63) is 65.2 Å². The number of methoxy groups -OCH3 is 1. The third-order valence-electron chi connectivity index (χ3n) is 4.79. The van der Waals surface area contributed by atoms with E-state index >= 15 is 0 Å². The van der Waals surface area contributed by atoms with Gasteiger partial charge in [0.05, 0.1) is 18.7 Å². The van der Waals surface area contributed by atoms with Crippen LogP contribution in [0.1, 0.15) is 39.1 Å². The van der Waals surface area contributed by atoms with Gasteiger partial charge in [0.2, 0.25) is 0 Å². The van der Waals surface area contributed by atoms with E-state index in [0.717, 1.165) is 5.75 Å². The zero-order chi connectivity index (χ0) is 18.5. The monoisotopic (exact) mass is 348 g/mol. The van der Waals surface area contributed by atoms with E-state index in [1.165, 1.54) is 0 Å². The molecule has 1 heterocycles. The van der Waals surface area contributed by atoms with Crippen LogP contribution in [0.15, 0.2) is 48.5 Å². The molecule has 0 atom stereocenters. The minimum absolute atomic E-state index is 0.0511. The molecule has 0 radical (unpaired) electrons. The standard InChI is InChI=1S/C21H20N2O3/c1-26-19-8-6-16(7-9-19)20(24)17-10-12-23(13-11-17)21(25)18-4-2-15(14-22)3-5-18/h2-9,17H,10-13H2,1H3. The van der Waals surface area contributed by atoms with Crippen LogP contribution in [0.5, 0.6) is 5.75 Å². The second-order valence-electron chi connectivity index (χ2n) is 6.35. The van der Waals surface area contributed by atoms with Crippen LogP contribution in [0.4, 0.5) is 0 Å². The summed E-state index contributed by atoms with van der Waals surface area (Å²) in [5, 5.41) is 8.84. The molecule has 1 amide bonds.